The lowest BCUT2D eigenvalue weighted by molar-refractivity contribution is -0.136. The Bertz CT molecular complexity index is 822. The molecule has 1 aliphatic carbocycles. The molecule has 1 saturated carbocycles. The minimum absolute atomic E-state index is 0.0135. The second kappa shape index (κ2) is 5.31. The quantitative estimate of drug-likeness (QED) is 0.855. The fourth-order valence-electron chi connectivity index (χ4n) is 3.21. The van der Waals surface area contributed by atoms with Crippen LogP contribution in [0.4, 0.5) is 13.2 Å². The maximum absolute atomic E-state index is 13.2. The monoisotopic (exact) mass is 390 g/mol. The third-order valence-electron chi connectivity index (χ3n) is 4.12. The lowest BCUT2D eigenvalue weighted by Crippen LogP contribution is -2.43. The molecule has 4 nitrogen and oxygen atoms in total. The Hall–Kier alpha value is -1.41. The molecule has 0 aliphatic heterocycles. The van der Waals surface area contributed by atoms with E-state index in [2.05, 4.69) is 20.9 Å². The van der Waals surface area contributed by atoms with Crippen molar-refractivity contribution < 1.29 is 18.3 Å². The number of hydrogen-bond acceptors (Lipinski definition) is 3. The van der Waals surface area contributed by atoms with Crippen LogP contribution in [-0.4, -0.2) is 20.3 Å². The van der Waals surface area contributed by atoms with Gasteiger partial charge in [0.25, 0.3) is 5.56 Å². The highest BCUT2D eigenvalue weighted by Crippen LogP contribution is 2.39. The Balaban J connectivity index is 2.12. The Morgan fingerprint density at radius 2 is 2.09 bits per heavy atom. The van der Waals surface area contributed by atoms with Crippen molar-refractivity contribution in [1.82, 2.24) is 9.55 Å². The summed E-state index contributed by atoms with van der Waals surface area (Å²) in [6.07, 6.45) is -2.23. The second-order valence-corrected chi connectivity index (χ2v) is 7.22. The van der Waals surface area contributed by atoms with Crippen LogP contribution >= 0.6 is 15.9 Å². The van der Waals surface area contributed by atoms with Gasteiger partial charge in [0, 0.05) is 28.7 Å². The zero-order chi connectivity index (χ0) is 17.0. The summed E-state index contributed by atoms with van der Waals surface area (Å²) in [6, 6.07) is 1.94. The fourth-order valence-corrected chi connectivity index (χ4v) is 3.54. The molecule has 2 heterocycles. The molecule has 2 aromatic heterocycles. The van der Waals surface area contributed by atoms with E-state index in [0.29, 0.717) is 23.4 Å². The van der Waals surface area contributed by atoms with Crippen LogP contribution < -0.4 is 5.56 Å². The summed E-state index contributed by atoms with van der Waals surface area (Å²) in [4.78, 5) is 16.2. The Labute approximate surface area is 138 Å². The van der Waals surface area contributed by atoms with Crippen molar-refractivity contribution >= 4 is 27.0 Å². The number of halogens is 4. The van der Waals surface area contributed by atoms with Gasteiger partial charge in [-0.3, -0.25) is 9.36 Å². The Morgan fingerprint density at radius 1 is 1.43 bits per heavy atom. The molecule has 124 valence electrons. The van der Waals surface area contributed by atoms with Crippen LogP contribution in [0.3, 0.4) is 0 Å². The van der Waals surface area contributed by atoms with Gasteiger partial charge in [0.15, 0.2) is 0 Å². The van der Waals surface area contributed by atoms with E-state index in [1.807, 2.05) is 0 Å². The highest BCUT2D eigenvalue weighted by atomic mass is 79.9. The van der Waals surface area contributed by atoms with Crippen LogP contribution in [0.25, 0.3) is 11.0 Å². The van der Waals surface area contributed by atoms with E-state index < -0.39 is 22.9 Å². The van der Waals surface area contributed by atoms with Crippen LogP contribution in [0.15, 0.2) is 27.6 Å². The van der Waals surface area contributed by atoms with E-state index in [1.165, 1.54) is 16.8 Å². The lowest BCUT2D eigenvalue weighted by atomic mass is 9.72. The zero-order valence-electron chi connectivity index (χ0n) is 12.2. The molecular weight excluding hydrogens is 377 g/mol. The molecule has 0 amide bonds. The minimum atomic E-state index is -4.63. The molecule has 0 radical (unpaired) electrons. The molecule has 0 unspecified atom stereocenters. The van der Waals surface area contributed by atoms with Gasteiger partial charge in [-0.15, -0.1) is 0 Å². The smallest absolute Gasteiger partial charge is 0.390 e. The average Bonchev–Trinajstić information content (AvgIpc) is 2.38. The molecule has 2 aromatic rings. The summed E-state index contributed by atoms with van der Waals surface area (Å²) >= 11 is 3.12. The molecule has 3 rings (SSSR count). The van der Waals surface area contributed by atoms with Crippen molar-refractivity contribution in [3.8, 4) is 0 Å². The molecule has 23 heavy (non-hydrogen) atoms. The van der Waals surface area contributed by atoms with Gasteiger partial charge in [-0.25, -0.2) is 4.98 Å². The van der Waals surface area contributed by atoms with Gasteiger partial charge in [0.2, 0.25) is 0 Å². The molecule has 0 bridgehead atoms. The molecule has 0 spiro atoms. The number of aliphatic hydroxyl groups is 1. The van der Waals surface area contributed by atoms with E-state index >= 15 is 0 Å². The van der Waals surface area contributed by atoms with Gasteiger partial charge in [-0.05, 0) is 47.7 Å². The van der Waals surface area contributed by atoms with Gasteiger partial charge in [0.1, 0.15) is 5.65 Å². The van der Waals surface area contributed by atoms with E-state index in [-0.39, 0.29) is 23.5 Å². The van der Waals surface area contributed by atoms with Gasteiger partial charge >= 0.3 is 6.18 Å². The molecule has 8 heteroatoms. The largest absolute Gasteiger partial charge is 0.417 e. The van der Waals surface area contributed by atoms with Crippen LogP contribution in [0.2, 0.25) is 0 Å². The summed E-state index contributed by atoms with van der Waals surface area (Å²) in [5.74, 6) is 0.0492. The van der Waals surface area contributed by atoms with E-state index in [4.69, 9.17) is 0 Å². The topological polar surface area (TPSA) is 55.1 Å². The van der Waals surface area contributed by atoms with Gasteiger partial charge < -0.3 is 5.11 Å². The van der Waals surface area contributed by atoms with Crippen molar-refractivity contribution in [2.75, 3.05) is 0 Å². The number of rotatable bonds is 2. The first kappa shape index (κ1) is 16.4. The number of hydrogen-bond donors (Lipinski definition) is 1. The molecular formula is C15H14BrF3N2O2. The summed E-state index contributed by atoms with van der Waals surface area (Å²) in [5.41, 5.74) is -2.46. The summed E-state index contributed by atoms with van der Waals surface area (Å²) in [6.45, 7) is 1.95. The normalized spacial score (nSPS) is 24.7. The van der Waals surface area contributed by atoms with Gasteiger partial charge in [-0.1, -0.05) is 0 Å². The number of nitrogens with zero attached hydrogens (tertiary/aromatic N) is 2. The summed E-state index contributed by atoms with van der Waals surface area (Å²) in [5, 5.41) is 9.66. The Morgan fingerprint density at radius 3 is 2.65 bits per heavy atom. The number of aromatic nitrogens is 2. The zero-order valence-corrected chi connectivity index (χ0v) is 13.8. The third-order valence-corrected chi connectivity index (χ3v) is 4.55. The predicted octanol–water partition coefficient (Wildman–Crippen LogP) is 3.34. The van der Waals surface area contributed by atoms with Crippen molar-refractivity contribution in [2.24, 2.45) is 5.92 Å². The molecule has 1 N–H and O–H groups in total. The number of alkyl halides is 3. The molecule has 0 atom stereocenters. The van der Waals surface area contributed by atoms with Gasteiger partial charge in [-0.2, -0.15) is 13.2 Å². The highest BCUT2D eigenvalue weighted by Gasteiger charge is 2.39. The second-order valence-electron chi connectivity index (χ2n) is 6.30. The number of fused-ring (bicyclic) bond motifs is 1. The van der Waals surface area contributed by atoms with Crippen molar-refractivity contribution in [2.45, 2.75) is 38.1 Å². The molecule has 0 aromatic carbocycles. The van der Waals surface area contributed by atoms with Crippen molar-refractivity contribution in [3.63, 3.8) is 0 Å². The Kier molecular flexibility index (Phi) is 3.79. The van der Waals surface area contributed by atoms with Crippen LogP contribution in [0.1, 0.15) is 25.3 Å². The van der Waals surface area contributed by atoms with Crippen LogP contribution in [0.5, 0.6) is 0 Å². The van der Waals surface area contributed by atoms with Crippen LogP contribution in [-0.2, 0) is 12.7 Å². The maximum Gasteiger partial charge on any atom is 0.417 e. The first-order valence-corrected chi connectivity index (χ1v) is 7.85. The van der Waals surface area contributed by atoms with Gasteiger partial charge in [0.05, 0.1) is 11.2 Å². The SMILES string of the molecule is C[C@]1(O)C[C@@H](Cn2c(=O)cc(C(F)(F)F)c3cc(Br)cnc32)C1. The molecule has 0 saturated heterocycles. The first-order chi connectivity index (χ1) is 10.6. The average molecular weight is 391 g/mol. The van der Waals surface area contributed by atoms with E-state index in [1.54, 1.807) is 6.92 Å². The lowest BCUT2D eigenvalue weighted by Gasteiger charge is -2.41. The third kappa shape index (κ3) is 3.14. The fraction of sp³-hybridized carbons (Fsp3) is 0.467. The maximum atomic E-state index is 13.2. The number of pyridine rings is 2. The molecule has 1 aliphatic rings. The van der Waals surface area contributed by atoms with Crippen molar-refractivity contribution in [1.29, 1.82) is 0 Å². The van der Waals surface area contributed by atoms with Crippen molar-refractivity contribution in [3.05, 3.63) is 38.7 Å². The van der Waals surface area contributed by atoms with E-state index in [0.717, 1.165) is 0 Å². The minimum Gasteiger partial charge on any atom is -0.390 e. The first-order valence-electron chi connectivity index (χ1n) is 7.05. The van der Waals surface area contributed by atoms with E-state index in [9.17, 15) is 23.1 Å². The standard InChI is InChI=1S/C15H14BrF3N2O2/c1-14(23)4-8(5-14)7-21-12(22)3-11(15(17,18)19)10-2-9(16)6-20-13(10)21/h2-3,6,8,23H,4-5,7H2,1H3/t8-,14+. The summed E-state index contributed by atoms with van der Waals surface area (Å²) < 4.78 is 41.2. The predicted molar refractivity (Wildman–Crippen MR) is 82.1 cm³/mol. The van der Waals surface area contributed by atoms with Crippen LogP contribution in [0, 0.1) is 5.92 Å². The molecule has 1 fully saturated rings. The highest BCUT2D eigenvalue weighted by molar-refractivity contribution is 9.10. The summed E-state index contributed by atoms with van der Waals surface area (Å²) in [7, 11) is 0.